The molecule has 1 heterocycles. The van der Waals surface area contributed by atoms with Gasteiger partial charge in [-0.05, 0) is 51.5 Å². The van der Waals surface area contributed by atoms with E-state index in [2.05, 4.69) is 11.8 Å². The highest BCUT2D eigenvalue weighted by molar-refractivity contribution is 8.06. The molecule has 0 radical (unpaired) electrons. The summed E-state index contributed by atoms with van der Waals surface area (Å²) in [6.45, 7) is 8.94. The van der Waals surface area contributed by atoms with Crippen LogP contribution in [0.15, 0.2) is 46.0 Å². The van der Waals surface area contributed by atoms with Crippen LogP contribution in [0.5, 0.6) is 0 Å². The van der Waals surface area contributed by atoms with Crippen molar-refractivity contribution in [2.75, 3.05) is 18.1 Å². The number of thioether (sulfide) groups is 1. The molecule has 1 aromatic rings. The second kappa shape index (κ2) is 9.85. The Kier molecular flexibility index (Phi) is 7.80. The average Bonchev–Trinajstić information content (AvgIpc) is 2.89. The number of unbranched alkanes of at least 4 members (excludes halogenated alkanes) is 1. The summed E-state index contributed by atoms with van der Waals surface area (Å²) in [6.07, 6.45) is 2.89. The lowest BCUT2D eigenvalue weighted by Crippen LogP contribution is -2.37. The number of carbonyl (C=O) groups excluding carboxylic acids is 2. The Hall–Kier alpha value is -1.92. The van der Waals surface area contributed by atoms with E-state index in [1.165, 1.54) is 6.08 Å². The molecule has 0 atom stereocenters. The third-order valence-electron chi connectivity index (χ3n) is 4.18. The fourth-order valence-electron chi connectivity index (χ4n) is 2.61. The minimum absolute atomic E-state index is 0.184. The maximum absolute atomic E-state index is 13.0. The second-order valence-corrected chi connectivity index (χ2v) is 7.75. The maximum atomic E-state index is 13.0. The predicted octanol–water partition coefficient (Wildman–Crippen LogP) is 5.77. The highest BCUT2D eigenvalue weighted by Gasteiger charge is 2.28. The number of halogens is 1. The number of hydrogen-bond donors (Lipinski definition) is 0. The monoisotopic (exact) mass is 408 g/mol. The van der Waals surface area contributed by atoms with Gasteiger partial charge in [-0.15, -0.1) is 0 Å². The van der Waals surface area contributed by atoms with E-state index in [9.17, 15) is 9.59 Å². The SMILES string of the molecule is CCCCN1C(=CC(=O)N(C(=O)OCC)c2ccc(Cl)cc2)SC(C)=C1C. The highest BCUT2D eigenvalue weighted by atomic mass is 35.5. The summed E-state index contributed by atoms with van der Waals surface area (Å²) < 4.78 is 5.08. The molecular weight excluding hydrogens is 384 g/mol. The van der Waals surface area contributed by atoms with Gasteiger partial charge in [0.25, 0.3) is 5.91 Å². The summed E-state index contributed by atoms with van der Waals surface area (Å²) in [6, 6.07) is 6.52. The van der Waals surface area contributed by atoms with Crippen molar-refractivity contribution in [2.45, 2.75) is 40.5 Å². The Morgan fingerprint density at radius 3 is 2.48 bits per heavy atom. The fraction of sp³-hybridized carbons (Fsp3) is 0.400. The van der Waals surface area contributed by atoms with E-state index in [4.69, 9.17) is 16.3 Å². The lowest BCUT2D eigenvalue weighted by molar-refractivity contribution is -0.113. The Morgan fingerprint density at radius 2 is 1.89 bits per heavy atom. The molecule has 0 aromatic heterocycles. The summed E-state index contributed by atoms with van der Waals surface area (Å²) in [5.74, 6) is -0.442. The molecule has 0 bridgehead atoms. The van der Waals surface area contributed by atoms with E-state index in [0.29, 0.717) is 10.7 Å². The molecule has 7 heteroatoms. The van der Waals surface area contributed by atoms with Crippen molar-refractivity contribution >= 4 is 41.1 Å². The molecule has 146 valence electrons. The topological polar surface area (TPSA) is 49.9 Å². The number of nitrogens with zero attached hydrogens (tertiary/aromatic N) is 2. The van der Waals surface area contributed by atoms with E-state index in [-0.39, 0.29) is 6.61 Å². The number of rotatable bonds is 6. The highest BCUT2D eigenvalue weighted by Crippen LogP contribution is 2.40. The lowest BCUT2D eigenvalue weighted by Gasteiger charge is -2.23. The maximum Gasteiger partial charge on any atom is 0.421 e. The molecule has 0 saturated heterocycles. The predicted molar refractivity (Wildman–Crippen MR) is 112 cm³/mol. The van der Waals surface area contributed by atoms with Crippen LogP contribution in [-0.2, 0) is 9.53 Å². The minimum Gasteiger partial charge on any atom is -0.449 e. The van der Waals surface area contributed by atoms with Crippen LogP contribution in [0.1, 0.15) is 40.5 Å². The number of ether oxygens (including phenoxy) is 1. The average molecular weight is 409 g/mol. The normalized spacial score (nSPS) is 15.4. The number of carbonyl (C=O) groups is 2. The largest absolute Gasteiger partial charge is 0.449 e. The lowest BCUT2D eigenvalue weighted by atomic mass is 10.2. The molecule has 0 spiro atoms. The number of benzene rings is 1. The van der Waals surface area contributed by atoms with Crippen molar-refractivity contribution in [3.05, 3.63) is 51.0 Å². The van der Waals surface area contributed by atoms with Crippen molar-refractivity contribution in [3.8, 4) is 0 Å². The van der Waals surface area contributed by atoms with Crippen LogP contribution >= 0.6 is 23.4 Å². The number of anilines is 1. The van der Waals surface area contributed by atoms with Crippen molar-refractivity contribution in [3.63, 3.8) is 0 Å². The summed E-state index contributed by atoms with van der Waals surface area (Å²) in [4.78, 5) is 29.7. The molecule has 2 rings (SSSR count). The van der Waals surface area contributed by atoms with E-state index >= 15 is 0 Å². The van der Waals surface area contributed by atoms with Crippen LogP contribution in [-0.4, -0.2) is 30.1 Å². The van der Waals surface area contributed by atoms with Crippen molar-refractivity contribution in [1.29, 1.82) is 0 Å². The van der Waals surface area contributed by atoms with E-state index < -0.39 is 12.0 Å². The van der Waals surface area contributed by atoms with E-state index in [1.54, 1.807) is 43.0 Å². The van der Waals surface area contributed by atoms with Gasteiger partial charge >= 0.3 is 6.09 Å². The Labute approximate surface area is 170 Å². The van der Waals surface area contributed by atoms with Gasteiger partial charge in [0.05, 0.1) is 17.3 Å². The van der Waals surface area contributed by atoms with Crippen molar-refractivity contribution < 1.29 is 14.3 Å². The molecule has 2 amide bonds. The fourth-order valence-corrected chi connectivity index (χ4v) is 3.81. The van der Waals surface area contributed by atoms with Gasteiger partial charge in [0.1, 0.15) is 0 Å². The van der Waals surface area contributed by atoms with Gasteiger partial charge < -0.3 is 9.64 Å². The third kappa shape index (κ3) is 5.30. The first-order chi connectivity index (χ1) is 12.9. The molecule has 0 aliphatic carbocycles. The van der Waals surface area contributed by atoms with E-state index in [0.717, 1.165) is 39.9 Å². The number of allylic oxidation sites excluding steroid dienone is 2. The van der Waals surface area contributed by atoms with Gasteiger partial charge in [0.2, 0.25) is 0 Å². The van der Waals surface area contributed by atoms with Crippen molar-refractivity contribution in [1.82, 2.24) is 4.90 Å². The molecule has 1 aromatic carbocycles. The van der Waals surface area contributed by atoms with Crippen LogP contribution in [0, 0.1) is 0 Å². The van der Waals surface area contributed by atoms with Gasteiger partial charge in [-0.3, -0.25) is 4.79 Å². The molecule has 27 heavy (non-hydrogen) atoms. The smallest absolute Gasteiger partial charge is 0.421 e. The first kappa shape index (κ1) is 21.4. The first-order valence-corrected chi connectivity index (χ1v) is 10.2. The molecule has 1 aliphatic rings. The van der Waals surface area contributed by atoms with Crippen LogP contribution in [0.4, 0.5) is 10.5 Å². The molecule has 0 unspecified atom stereocenters. The zero-order chi connectivity index (χ0) is 20.0. The number of amides is 2. The molecule has 5 nitrogen and oxygen atoms in total. The Morgan fingerprint density at radius 1 is 1.22 bits per heavy atom. The zero-order valence-corrected chi connectivity index (χ0v) is 17.7. The van der Waals surface area contributed by atoms with Gasteiger partial charge in [-0.25, -0.2) is 9.69 Å². The van der Waals surface area contributed by atoms with E-state index in [1.807, 2.05) is 13.8 Å². The summed E-state index contributed by atoms with van der Waals surface area (Å²) in [5.41, 5.74) is 1.56. The second-order valence-electron chi connectivity index (χ2n) is 6.08. The van der Waals surface area contributed by atoms with Gasteiger partial charge in [0, 0.05) is 28.2 Å². The van der Waals surface area contributed by atoms with Crippen molar-refractivity contribution in [2.24, 2.45) is 0 Å². The molecule has 0 saturated carbocycles. The van der Waals surface area contributed by atoms with Crippen LogP contribution in [0.2, 0.25) is 5.02 Å². The Balaban J connectivity index is 2.33. The first-order valence-electron chi connectivity index (χ1n) is 9.00. The number of hydrogen-bond acceptors (Lipinski definition) is 5. The van der Waals surface area contributed by atoms with Crippen LogP contribution in [0.25, 0.3) is 0 Å². The van der Waals surface area contributed by atoms with Gasteiger partial charge in [0.15, 0.2) is 0 Å². The van der Waals surface area contributed by atoms with Gasteiger partial charge in [-0.2, -0.15) is 0 Å². The minimum atomic E-state index is -0.703. The van der Waals surface area contributed by atoms with Gasteiger partial charge in [-0.1, -0.05) is 36.7 Å². The van der Waals surface area contributed by atoms with Crippen LogP contribution in [0.3, 0.4) is 0 Å². The summed E-state index contributed by atoms with van der Waals surface area (Å²) in [7, 11) is 0. The third-order valence-corrected chi connectivity index (χ3v) is 5.58. The quantitative estimate of drug-likeness (QED) is 0.559. The summed E-state index contributed by atoms with van der Waals surface area (Å²) in [5, 5.41) is 1.35. The molecular formula is C20H25ClN2O3S. The molecule has 1 aliphatic heterocycles. The molecule has 0 fully saturated rings. The van der Waals surface area contributed by atoms with Crippen LogP contribution < -0.4 is 4.90 Å². The zero-order valence-electron chi connectivity index (χ0n) is 16.1. The standard InChI is InChI=1S/C20H25ClN2O3S/c1-5-7-12-22-14(3)15(4)27-19(22)13-18(24)23(20(25)26-6-2)17-10-8-16(21)9-11-17/h8-11,13H,5-7,12H2,1-4H3. The Bertz CT molecular complexity index is 759. The molecule has 0 N–H and O–H groups in total. The number of imide groups is 1. The summed E-state index contributed by atoms with van der Waals surface area (Å²) >= 11 is 7.47.